The molecule has 26 heavy (non-hydrogen) atoms. The monoisotopic (exact) mass is 389 g/mol. The number of rotatable bonds is 6. The highest BCUT2D eigenvalue weighted by molar-refractivity contribution is 7.21. The standard InChI is InChI=1S/C20H20ClNO3S/c1-4-22(12-13-9-10-15(24-2)16(11-13)25-3)20(23)19-18(21)14-7-5-6-8-17(14)26-19/h5-11H,4,12H2,1-3H3. The Hall–Kier alpha value is -2.24. The van der Waals surface area contributed by atoms with Gasteiger partial charge in [-0.25, -0.2) is 0 Å². The largest absolute Gasteiger partial charge is 0.493 e. The first-order chi connectivity index (χ1) is 12.6. The van der Waals surface area contributed by atoms with E-state index in [4.69, 9.17) is 21.1 Å². The summed E-state index contributed by atoms with van der Waals surface area (Å²) in [6.07, 6.45) is 0. The highest BCUT2D eigenvalue weighted by Crippen LogP contribution is 2.36. The molecule has 3 rings (SSSR count). The Morgan fingerprint density at radius 3 is 2.50 bits per heavy atom. The molecule has 4 nitrogen and oxygen atoms in total. The van der Waals surface area contributed by atoms with Crippen LogP contribution in [0.1, 0.15) is 22.2 Å². The number of fused-ring (bicyclic) bond motifs is 1. The van der Waals surface area contributed by atoms with E-state index in [2.05, 4.69) is 0 Å². The molecule has 0 saturated carbocycles. The summed E-state index contributed by atoms with van der Waals surface area (Å²) in [5, 5.41) is 1.45. The lowest BCUT2D eigenvalue weighted by molar-refractivity contribution is 0.0757. The lowest BCUT2D eigenvalue weighted by Crippen LogP contribution is -2.29. The number of methoxy groups -OCH3 is 2. The predicted molar refractivity (Wildman–Crippen MR) is 107 cm³/mol. The van der Waals surface area contributed by atoms with Gasteiger partial charge in [-0.2, -0.15) is 0 Å². The van der Waals surface area contributed by atoms with Gasteiger partial charge in [0.05, 0.1) is 19.2 Å². The van der Waals surface area contributed by atoms with Crippen LogP contribution in [-0.2, 0) is 6.54 Å². The van der Waals surface area contributed by atoms with E-state index in [1.807, 2.05) is 49.4 Å². The van der Waals surface area contributed by atoms with Crippen LogP contribution in [0.25, 0.3) is 10.1 Å². The van der Waals surface area contributed by atoms with E-state index in [1.165, 1.54) is 11.3 Å². The lowest BCUT2D eigenvalue weighted by Gasteiger charge is -2.21. The van der Waals surface area contributed by atoms with Crippen LogP contribution in [0.2, 0.25) is 5.02 Å². The third kappa shape index (κ3) is 3.50. The van der Waals surface area contributed by atoms with Gasteiger partial charge in [0.1, 0.15) is 4.88 Å². The summed E-state index contributed by atoms with van der Waals surface area (Å²) in [5.74, 6) is 1.25. The minimum Gasteiger partial charge on any atom is -0.493 e. The van der Waals surface area contributed by atoms with Gasteiger partial charge in [0.2, 0.25) is 0 Å². The minimum atomic E-state index is -0.0616. The molecule has 136 valence electrons. The Morgan fingerprint density at radius 1 is 1.12 bits per heavy atom. The van der Waals surface area contributed by atoms with E-state index in [0.717, 1.165) is 15.6 Å². The number of amides is 1. The Bertz CT molecular complexity index is 938. The van der Waals surface area contributed by atoms with Crippen LogP contribution in [0, 0.1) is 0 Å². The van der Waals surface area contributed by atoms with Gasteiger partial charge < -0.3 is 14.4 Å². The Morgan fingerprint density at radius 2 is 1.85 bits per heavy atom. The van der Waals surface area contributed by atoms with Crippen molar-refractivity contribution in [1.29, 1.82) is 0 Å². The van der Waals surface area contributed by atoms with Crippen LogP contribution in [0.5, 0.6) is 11.5 Å². The normalized spacial score (nSPS) is 10.8. The highest BCUT2D eigenvalue weighted by atomic mass is 35.5. The number of hydrogen-bond acceptors (Lipinski definition) is 4. The van der Waals surface area contributed by atoms with E-state index in [9.17, 15) is 4.79 Å². The molecule has 0 aliphatic rings. The molecule has 1 aromatic heterocycles. The van der Waals surface area contributed by atoms with Gasteiger partial charge in [-0.1, -0.05) is 35.9 Å². The van der Waals surface area contributed by atoms with Crippen molar-refractivity contribution in [3.05, 3.63) is 57.9 Å². The zero-order valence-corrected chi connectivity index (χ0v) is 16.5. The first kappa shape index (κ1) is 18.5. The molecule has 1 amide bonds. The fourth-order valence-corrected chi connectivity index (χ4v) is 4.30. The van der Waals surface area contributed by atoms with Crippen molar-refractivity contribution in [2.24, 2.45) is 0 Å². The van der Waals surface area contributed by atoms with E-state index in [0.29, 0.717) is 34.5 Å². The second-order valence-corrected chi connectivity index (χ2v) is 7.18. The molecule has 0 radical (unpaired) electrons. The van der Waals surface area contributed by atoms with Crippen LogP contribution in [0.4, 0.5) is 0 Å². The molecular weight excluding hydrogens is 370 g/mol. The number of benzene rings is 2. The molecule has 0 bridgehead atoms. The van der Waals surface area contributed by atoms with Gasteiger partial charge in [0, 0.05) is 23.2 Å². The molecule has 0 atom stereocenters. The molecule has 0 spiro atoms. The summed E-state index contributed by atoms with van der Waals surface area (Å²) in [6.45, 7) is 3.01. The van der Waals surface area contributed by atoms with E-state index < -0.39 is 0 Å². The second-order valence-electron chi connectivity index (χ2n) is 5.75. The van der Waals surface area contributed by atoms with Crippen LogP contribution < -0.4 is 9.47 Å². The Labute approximate surface area is 161 Å². The van der Waals surface area contributed by atoms with Gasteiger partial charge >= 0.3 is 0 Å². The molecule has 1 heterocycles. The summed E-state index contributed by atoms with van der Waals surface area (Å²) < 4.78 is 11.6. The van der Waals surface area contributed by atoms with Crippen LogP contribution in [0.3, 0.4) is 0 Å². The van der Waals surface area contributed by atoms with Gasteiger partial charge in [0.15, 0.2) is 11.5 Å². The number of carbonyl (C=O) groups is 1. The summed E-state index contributed by atoms with van der Waals surface area (Å²) in [5.41, 5.74) is 0.968. The van der Waals surface area contributed by atoms with Crippen molar-refractivity contribution in [3.63, 3.8) is 0 Å². The molecule has 0 unspecified atom stereocenters. The number of hydrogen-bond donors (Lipinski definition) is 0. The minimum absolute atomic E-state index is 0.0616. The van der Waals surface area contributed by atoms with Crippen molar-refractivity contribution in [2.45, 2.75) is 13.5 Å². The number of thiophene rings is 1. The maximum atomic E-state index is 13.0. The summed E-state index contributed by atoms with van der Waals surface area (Å²) in [7, 11) is 3.20. The van der Waals surface area contributed by atoms with Crippen LogP contribution >= 0.6 is 22.9 Å². The number of nitrogens with zero attached hydrogens (tertiary/aromatic N) is 1. The molecule has 3 aromatic rings. The van der Waals surface area contributed by atoms with E-state index in [-0.39, 0.29) is 5.91 Å². The summed E-state index contributed by atoms with van der Waals surface area (Å²) in [6, 6.07) is 13.5. The zero-order valence-electron chi connectivity index (χ0n) is 14.9. The molecule has 0 aliphatic carbocycles. The maximum Gasteiger partial charge on any atom is 0.265 e. The van der Waals surface area contributed by atoms with Crippen LogP contribution in [0.15, 0.2) is 42.5 Å². The number of halogens is 1. The second kappa shape index (κ2) is 7.98. The average molecular weight is 390 g/mol. The highest BCUT2D eigenvalue weighted by Gasteiger charge is 2.22. The lowest BCUT2D eigenvalue weighted by atomic mass is 10.1. The topological polar surface area (TPSA) is 38.8 Å². The van der Waals surface area contributed by atoms with E-state index in [1.54, 1.807) is 19.1 Å². The Balaban J connectivity index is 1.88. The summed E-state index contributed by atoms with van der Waals surface area (Å²) >= 11 is 7.90. The molecular formula is C20H20ClNO3S. The molecule has 0 aliphatic heterocycles. The van der Waals surface area contributed by atoms with Crippen molar-refractivity contribution in [3.8, 4) is 11.5 Å². The molecule has 0 saturated heterocycles. The van der Waals surface area contributed by atoms with E-state index >= 15 is 0 Å². The van der Waals surface area contributed by atoms with Gasteiger partial charge in [-0.3, -0.25) is 4.79 Å². The van der Waals surface area contributed by atoms with Crippen LogP contribution in [-0.4, -0.2) is 31.6 Å². The quantitative estimate of drug-likeness (QED) is 0.579. The number of ether oxygens (including phenoxy) is 2. The average Bonchev–Trinajstić information content (AvgIpc) is 3.02. The fraction of sp³-hybridized carbons (Fsp3) is 0.250. The Kier molecular flexibility index (Phi) is 5.69. The third-order valence-corrected chi connectivity index (χ3v) is 5.88. The van der Waals surface area contributed by atoms with Gasteiger partial charge in [0.25, 0.3) is 5.91 Å². The van der Waals surface area contributed by atoms with Gasteiger partial charge in [-0.15, -0.1) is 11.3 Å². The third-order valence-electron chi connectivity index (χ3n) is 4.22. The SMILES string of the molecule is CCN(Cc1ccc(OC)c(OC)c1)C(=O)c1sc2ccccc2c1Cl. The first-order valence-corrected chi connectivity index (χ1v) is 9.45. The first-order valence-electron chi connectivity index (χ1n) is 8.26. The van der Waals surface area contributed by atoms with Crippen molar-refractivity contribution >= 4 is 38.9 Å². The van der Waals surface area contributed by atoms with Crippen molar-refractivity contribution in [1.82, 2.24) is 4.90 Å². The molecule has 2 aromatic carbocycles. The fourth-order valence-electron chi connectivity index (χ4n) is 2.82. The molecule has 6 heteroatoms. The van der Waals surface area contributed by atoms with Gasteiger partial charge in [-0.05, 0) is 30.7 Å². The summed E-state index contributed by atoms with van der Waals surface area (Å²) in [4.78, 5) is 15.4. The number of carbonyl (C=O) groups excluding carboxylic acids is 1. The van der Waals surface area contributed by atoms with Crippen molar-refractivity contribution in [2.75, 3.05) is 20.8 Å². The molecule has 0 N–H and O–H groups in total. The zero-order chi connectivity index (χ0) is 18.7. The van der Waals surface area contributed by atoms with Crippen molar-refractivity contribution < 1.29 is 14.3 Å². The predicted octanol–water partition coefficient (Wildman–Crippen LogP) is 5.23. The smallest absolute Gasteiger partial charge is 0.265 e. The maximum absolute atomic E-state index is 13.0. The molecule has 0 fully saturated rings.